The zero-order valence-corrected chi connectivity index (χ0v) is 18.5. The van der Waals surface area contributed by atoms with E-state index in [1.165, 1.54) is 12.1 Å². The molecule has 6 nitrogen and oxygen atoms in total. The minimum Gasteiger partial charge on any atom is -0.382 e. The number of nitrogen functional groups attached to an aromatic ring is 1. The lowest BCUT2D eigenvalue weighted by Crippen LogP contribution is -2.29. The third kappa shape index (κ3) is 4.97. The molecule has 0 amide bonds. The summed E-state index contributed by atoms with van der Waals surface area (Å²) in [7, 11) is 0. The number of hydrogen-bond donors (Lipinski definition) is 2. The van der Waals surface area contributed by atoms with Gasteiger partial charge in [0.25, 0.3) is 0 Å². The molecule has 1 fully saturated rings. The number of rotatable bonds is 3. The number of anilines is 1. The average Bonchev–Trinajstić information content (AvgIpc) is 3.06. The molecule has 0 aliphatic heterocycles. The Labute approximate surface area is 187 Å². The Morgan fingerprint density at radius 3 is 2.61 bits per heavy atom. The third-order valence-corrected chi connectivity index (χ3v) is 5.34. The van der Waals surface area contributed by atoms with E-state index in [2.05, 4.69) is 40.6 Å². The number of aliphatic hydroxyl groups is 1. The molecule has 0 spiro atoms. The number of nitrogens with zero attached hydrogens (tertiary/aromatic N) is 4. The normalized spacial score (nSPS) is 15.4. The molecule has 3 aromatic rings. The highest BCUT2D eigenvalue weighted by atomic mass is 35.5. The first-order valence-corrected chi connectivity index (χ1v) is 10.4. The van der Waals surface area contributed by atoms with Crippen LogP contribution in [0.25, 0.3) is 22.6 Å². The lowest BCUT2D eigenvalue weighted by atomic mass is 9.85. The Hall–Kier alpha value is -2.69. The van der Waals surface area contributed by atoms with E-state index in [-0.39, 0.29) is 29.9 Å². The van der Waals surface area contributed by atoms with Gasteiger partial charge in [0.2, 0.25) is 5.82 Å². The monoisotopic (exact) mass is 443 g/mol. The highest BCUT2D eigenvalue weighted by molar-refractivity contribution is 5.86. The number of imidazole rings is 1. The van der Waals surface area contributed by atoms with Crippen molar-refractivity contribution in [2.45, 2.75) is 58.1 Å². The van der Waals surface area contributed by atoms with Gasteiger partial charge in [0.15, 0.2) is 17.0 Å². The van der Waals surface area contributed by atoms with E-state index in [1.54, 1.807) is 6.07 Å². The Kier molecular flexibility index (Phi) is 6.83. The number of hydrogen-bond acceptors (Lipinski definition) is 5. The van der Waals surface area contributed by atoms with Gasteiger partial charge in [-0.15, -0.1) is 12.4 Å². The molecule has 8 heteroatoms. The van der Waals surface area contributed by atoms with Crippen molar-refractivity contribution < 1.29 is 9.50 Å². The molecule has 0 radical (unpaired) electrons. The molecule has 0 bridgehead atoms. The lowest BCUT2D eigenvalue weighted by molar-refractivity contribution is 0.0610. The van der Waals surface area contributed by atoms with Crippen LogP contribution in [-0.2, 0) is 6.54 Å². The van der Waals surface area contributed by atoms with Gasteiger partial charge >= 0.3 is 0 Å². The molecule has 164 valence electrons. The van der Waals surface area contributed by atoms with Gasteiger partial charge < -0.3 is 15.4 Å². The quantitative estimate of drug-likeness (QED) is 0.588. The van der Waals surface area contributed by atoms with Crippen molar-refractivity contribution in [2.75, 3.05) is 5.73 Å². The Balaban J connectivity index is 0.00000272. The molecule has 1 aliphatic rings. The summed E-state index contributed by atoms with van der Waals surface area (Å²) in [5.41, 5.74) is 6.88. The second-order valence-electron chi connectivity index (χ2n) is 8.40. The van der Waals surface area contributed by atoms with Crippen LogP contribution < -0.4 is 5.73 Å². The first-order chi connectivity index (χ1) is 14.3. The molecule has 0 unspecified atom stereocenters. The fraction of sp³-hybridized carbons (Fsp3) is 0.435. The lowest BCUT2D eigenvalue weighted by Gasteiger charge is -2.26. The first kappa shape index (κ1) is 23.0. The van der Waals surface area contributed by atoms with Crippen molar-refractivity contribution in [2.24, 2.45) is 5.92 Å². The minimum absolute atomic E-state index is 0. The standard InChI is InChI=1S/C23H26FN5O.ClH/c1-15(2)14-29-21(16-7-6-8-17(24)13-16)28-19-20(25)26-18(27-22(19)29)9-12-23(30)10-4-3-5-11-23;/h6-8,13,15,30H,3-5,10-11,14H2,1-2H3,(H2,25,26,27);1H. The second-order valence-corrected chi connectivity index (χ2v) is 8.40. The second kappa shape index (κ2) is 9.21. The van der Waals surface area contributed by atoms with Crippen molar-refractivity contribution in [3.05, 3.63) is 35.9 Å². The zero-order valence-electron chi connectivity index (χ0n) is 17.7. The van der Waals surface area contributed by atoms with Crippen molar-refractivity contribution in [1.82, 2.24) is 19.5 Å². The summed E-state index contributed by atoms with van der Waals surface area (Å²) in [6.07, 6.45) is 4.37. The van der Waals surface area contributed by atoms with Crippen LogP contribution in [0.3, 0.4) is 0 Å². The minimum atomic E-state index is -0.990. The van der Waals surface area contributed by atoms with Crippen molar-refractivity contribution >= 4 is 29.4 Å². The van der Waals surface area contributed by atoms with Gasteiger partial charge in [-0.1, -0.05) is 38.3 Å². The van der Waals surface area contributed by atoms with Crippen molar-refractivity contribution in [3.8, 4) is 23.2 Å². The zero-order chi connectivity index (χ0) is 21.3. The summed E-state index contributed by atoms with van der Waals surface area (Å²) in [5, 5.41) is 10.7. The fourth-order valence-corrected chi connectivity index (χ4v) is 3.90. The molecule has 1 aromatic carbocycles. The first-order valence-electron chi connectivity index (χ1n) is 10.4. The maximum absolute atomic E-state index is 13.8. The van der Waals surface area contributed by atoms with Crippen LogP contribution in [0.15, 0.2) is 24.3 Å². The molecule has 31 heavy (non-hydrogen) atoms. The van der Waals surface area contributed by atoms with Crippen LogP contribution in [0.1, 0.15) is 51.8 Å². The highest BCUT2D eigenvalue weighted by Crippen LogP contribution is 2.29. The summed E-state index contributed by atoms with van der Waals surface area (Å²) >= 11 is 0. The van der Waals surface area contributed by atoms with Crippen LogP contribution in [0.2, 0.25) is 0 Å². The molecular weight excluding hydrogens is 417 g/mol. The van der Waals surface area contributed by atoms with E-state index in [0.29, 0.717) is 47.9 Å². The van der Waals surface area contributed by atoms with Gasteiger partial charge in [-0.2, -0.15) is 0 Å². The summed E-state index contributed by atoms with van der Waals surface area (Å²) in [4.78, 5) is 13.5. The molecule has 2 heterocycles. The van der Waals surface area contributed by atoms with E-state index >= 15 is 0 Å². The summed E-state index contributed by atoms with van der Waals surface area (Å²) in [6.45, 7) is 4.81. The molecular formula is C23H27ClFN5O. The highest BCUT2D eigenvalue weighted by Gasteiger charge is 2.27. The van der Waals surface area contributed by atoms with Gasteiger partial charge in [0, 0.05) is 12.1 Å². The van der Waals surface area contributed by atoms with Gasteiger partial charge in [-0.3, -0.25) is 0 Å². The van der Waals surface area contributed by atoms with E-state index in [4.69, 9.17) is 5.73 Å². The topological polar surface area (TPSA) is 89.9 Å². The van der Waals surface area contributed by atoms with Crippen LogP contribution in [0.5, 0.6) is 0 Å². The van der Waals surface area contributed by atoms with Crippen molar-refractivity contribution in [3.63, 3.8) is 0 Å². The van der Waals surface area contributed by atoms with Crippen LogP contribution in [-0.4, -0.2) is 30.2 Å². The van der Waals surface area contributed by atoms with E-state index in [9.17, 15) is 9.50 Å². The molecule has 1 aliphatic carbocycles. The number of halogens is 2. The van der Waals surface area contributed by atoms with Gasteiger partial charge in [-0.25, -0.2) is 19.3 Å². The Morgan fingerprint density at radius 2 is 1.94 bits per heavy atom. The van der Waals surface area contributed by atoms with Gasteiger partial charge in [0.1, 0.15) is 17.2 Å². The molecule has 0 atom stereocenters. The number of nitrogens with two attached hydrogens (primary N) is 1. The number of fused-ring (bicyclic) bond motifs is 1. The van der Waals surface area contributed by atoms with Crippen LogP contribution in [0.4, 0.5) is 10.2 Å². The molecule has 1 saturated carbocycles. The molecule has 0 saturated heterocycles. The fourth-order valence-electron chi connectivity index (χ4n) is 3.90. The number of benzene rings is 1. The molecule has 4 rings (SSSR count). The summed E-state index contributed by atoms with van der Waals surface area (Å²) in [5.74, 6) is 6.93. The Bertz CT molecular complexity index is 1140. The van der Waals surface area contributed by atoms with E-state index < -0.39 is 5.60 Å². The maximum Gasteiger partial charge on any atom is 0.209 e. The third-order valence-electron chi connectivity index (χ3n) is 5.34. The SMILES string of the molecule is CC(C)Cn1c(-c2cccc(F)c2)nc2c(N)nc(C#CC3(O)CCCCC3)nc21.Cl. The smallest absolute Gasteiger partial charge is 0.209 e. The summed E-state index contributed by atoms with van der Waals surface area (Å²) < 4.78 is 15.8. The van der Waals surface area contributed by atoms with Crippen molar-refractivity contribution in [1.29, 1.82) is 0 Å². The van der Waals surface area contributed by atoms with E-state index in [0.717, 1.165) is 19.3 Å². The predicted octanol–water partition coefficient (Wildman–Crippen LogP) is 4.34. The predicted molar refractivity (Wildman–Crippen MR) is 122 cm³/mol. The average molecular weight is 444 g/mol. The van der Waals surface area contributed by atoms with E-state index in [1.807, 2.05) is 10.6 Å². The number of aromatic nitrogens is 4. The van der Waals surface area contributed by atoms with Gasteiger partial charge in [0.05, 0.1) is 0 Å². The van der Waals surface area contributed by atoms with Crippen LogP contribution in [0, 0.1) is 23.6 Å². The van der Waals surface area contributed by atoms with Gasteiger partial charge in [-0.05, 0) is 49.7 Å². The summed E-state index contributed by atoms with van der Waals surface area (Å²) in [6, 6.07) is 6.31. The molecule has 3 N–H and O–H groups in total. The maximum atomic E-state index is 13.8. The van der Waals surface area contributed by atoms with Crippen LogP contribution >= 0.6 is 12.4 Å². The Morgan fingerprint density at radius 1 is 1.19 bits per heavy atom. The largest absolute Gasteiger partial charge is 0.382 e. The molecule has 2 aromatic heterocycles.